The van der Waals surface area contributed by atoms with Gasteiger partial charge in [0, 0.05) is 5.56 Å². The maximum Gasteiger partial charge on any atom is 0.257 e. The van der Waals surface area contributed by atoms with Gasteiger partial charge in [0.15, 0.2) is 5.11 Å². The molecule has 0 aliphatic carbocycles. The van der Waals surface area contributed by atoms with Gasteiger partial charge in [-0.1, -0.05) is 31.5 Å². The topological polar surface area (TPSA) is 70.6 Å². The van der Waals surface area contributed by atoms with Gasteiger partial charge < -0.3 is 15.2 Å². The number of hydrogen-bond acceptors (Lipinski definition) is 4. The van der Waals surface area contributed by atoms with Crippen LogP contribution in [0.4, 0.5) is 5.69 Å². The summed E-state index contributed by atoms with van der Waals surface area (Å²) < 4.78 is 5.59. The minimum Gasteiger partial charge on any atom is -0.506 e. The lowest BCUT2D eigenvalue weighted by Crippen LogP contribution is -2.34. The first-order chi connectivity index (χ1) is 11.6. The fourth-order valence-corrected chi connectivity index (χ4v) is 2.17. The summed E-state index contributed by atoms with van der Waals surface area (Å²) in [6.07, 6.45) is 2.01. The van der Waals surface area contributed by atoms with E-state index in [1.54, 1.807) is 36.4 Å². The first kappa shape index (κ1) is 17.7. The van der Waals surface area contributed by atoms with E-state index in [0.29, 0.717) is 23.6 Å². The maximum absolute atomic E-state index is 12.3. The van der Waals surface area contributed by atoms with Gasteiger partial charge in [0.25, 0.3) is 5.91 Å². The highest BCUT2D eigenvalue weighted by Gasteiger charge is 2.10. The summed E-state index contributed by atoms with van der Waals surface area (Å²) in [6.45, 7) is 2.71. The van der Waals surface area contributed by atoms with Gasteiger partial charge in [0.2, 0.25) is 0 Å². The number of rotatable bonds is 6. The summed E-state index contributed by atoms with van der Waals surface area (Å²) in [7, 11) is 0. The number of unbranched alkanes of at least 4 members (excludes halogenated alkanes) is 1. The predicted octanol–water partition coefficient (Wildman–Crippen LogP) is 3.70. The van der Waals surface area contributed by atoms with Crippen LogP contribution in [0, 0.1) is 0 Å². The molecule has 0 heterocycles. The third-order valence-corrected chi connectivity index (χ3v) is 3.45. The first-order valence-electron chi connectivity index (χ1n) is 7.73. The highest BCUT2D eigenvalue weighted by Crippen LogP contribution is 2.21. The SMILES string of the molecule is CCCCOc1cccc(C(=O)NC(=S)Nc2ccccc2O)c1. The number of amides is 1. The molecule has 0 spiro atoms. The molecule has 1 amide bonds. The second-order valence-electron chi connectivity index (χ2n) is 5.16. The number of benzene rings is 2. The Kier molecular flexibility index (Phi) is 6.57. The largest absolute Gasteiger partial charge is 0.506 e. The van der Waals surface area contributed by atoms with E-state index < -0.39 is 0 Å². The molecule has 0 saturated heterocycles. The average Bonchev–Trinajstić information content (AvgIpc) is 2.57. The molecule has 3 N–H and O–H groups in total. The molecular weight excluding hydrogens is 324 g/mol. The number of phenols is 1. The Morgan fingerprint density at radius 2 is 2.00 bits per heavy atom. The molecule has 0 aromatic heterocycles. The van der Waals surface area contributed by atoms with Gasteiger partial charge in [0.1, 0.15) is 11.5 Å². The quantitative estimate of drug-likeness (QED) is 0.423. The van der Waals surface area contributed by atoms with Crippen LogP contribution < -0.4 is 15.4 Å². The molecule has 0 aliphatic heterocycles. The number of hydrogen-bond donors (Lipinski definition) is 3. The standard InChI is InChI=1S/C18H20N2O3S/c1-2-3-11-23-14-8-6-7-13(12-14)17(22)20-18(24)19-15-9-4-5-10-16(15)21/h4-10,12,21H,2-3,11H2,1H3,(H2,19,20,22,24). The van der Waals surface area contributed by atoms with Crippen molar-refractivity contribution in [3.8, 4) is 11.5 Å². The Morgan fingerprint density at radius 1 is 1.21 bits per heavy atom. The smallest absolute Gasteiger partial charge is 0.257 e. The van der Waals surface area contributed by atoms with Crippen LogP contribution in [0.25, 0.3) is 0 Å². The van der Waals surface area contributed by atoms with E-state index >= 15 is 0 Å². The second kappa shape index (κ2) is 8.88. The van der Waals surface area contributed by atoms with Crippen LogP contribution in [0.2, 0.25) is 0 Å². The number of anilines is 1. The Bertz CT molecular complexity index is 719. The molecule has 0 radical (unpaired) electrons. The number of aromatic hydroxyl groups is 1. The molecule has 0 saturated carbocycles. The predicted molar refractivity (Wildman–Crippen MR) is 98.6 cm³/mol. The second-order valence-corrected chi connectivity index (χ2v) is 5.56. The van der Waals surface area contributed by atoms with Crippen LogP contribution in [0.3, 0.4) is 0 Å². The van der Waals surface area contributed by atoms with Gasteiger partial charge in [0.05, 0.1) is 12.3 Å². The van der Waals surface area contributed by atoms with E-state index in [-0.39, 0.29) is 16.8 Å². The Morgan fingerprint density at radius 3 is 2.75 bits per heavy atom. The molecule has 0 unspecified atom stereocenters. The molecule has 6 heteroatoms. The summed E-state index contributed by atoms with van der Waals surface area (Å²) in [4.78, 5) is 12.3. The maximum atomic E-state index is 12.3. The summed E-state index contributed by atoms with van der Waals surface area (Å²) in [5, 5.41) is 15.2. The molecule has 126 valence electrons. The number of para-hydroxylation sites is 2. The van der Waals surface area contributed by atoms with Crippen molar-refractivity contribution >= 4 is 28.9 Å². The van der Waals surface area contributed by atoms with E-state index in [2.05, 4.69) is 17.6 Å². The highest BCUT2D eigenvalue weighted by atomic mass is 32.1. The Labute approximate surface area is 146 Å². The van der Waals surface area contributed by atoms with Crippen molar-refractivity contribution in [2.24, 2.45) is 0 Å². The third kappa shape index (κ3) is 5.24. The first-order valence-corrected chi connectivity index (χ1v) is 8.14. The van der Waals surface area contributed by atoms with Gasteiger partial charge in [-0.2, -0.15) is 0 Å². The zero-order chi connectivity index (χ0) is 17.4. The van der Waals surface area contributed by atoms with Crippen molar-refractivity contribution in [3.05, 3.63) is 54.1 Å². The molecule has 2 aromatic carbocycles. The van der Waals surface area contributed by atoms with Crippen LogP contribution in [0.1, 0.15) is 30.1 Å². The molecule has 5 nitrogen and oxygen atoms in total. The van der Waals surface area contributed by atoms with E-state index in [9.17, 15) is 9.90 Å². The van der Waals surface area contributed by atoms with E-state index in [0.717, 1.165) is 12.8 Å². The van der Waals surface area contributed by atoms with Gasteiger partial charge in [-0.15, -0.1) is 0 Å². The fraction of sp³-hybridized carbons (Fsp3) is 0.222. The van der Waals surface area contributed by atoms with Crippen molar-refractivity contribution in [2.75, 3.05) is 11.9 Å². The third-order valence-electron chi connectivity index (χ3n) is 3.24. The van der Waals surface area contributed by atoms with Crippen LogP contribution in [-0.4, -0.2) is 22.7 Å². The summed E-state index contributed by atoms with van der Waals surface area (Å²) in [5.74, 6) is 0.361. The molecule has 0 bridgehead atoms. The van der Waals surface area contributed by atoms with Gasteiger partial charge in [-0.05, 0) is 49.0 Å². The molecule has 2 aromatic rings. The summed E-state index contributed by atoms with van der Waals surface area (Å²) in [6, 6.07) is 13.6. The molecule has 0 atom stereocenters. The number of phenolic OH excluding ortho intramolecular Hbond substituents is 1. The minimum absolute atomic E-state index is 0.0559. The average molecular weight is 344 g/mol. The van der Waals surface area contributed by atoms with Crippen LogP contribution in [0.15, 0.2) is 48.5 Å². The van der Waals surface area contributed by atoms with Gasteiger partial charge in [-0.25, -0.2) is 0 Å². The number of ether oxygens (including phenoxy) is 1. The highest BCUT2D eigenvalue weighted by molar-refractivity contribution is 7.80. The van der Waals surface area contributed by atoms with Crippen molar-refractivity contribution in [1.29, 1.82) is 0 Å². The van der Waals surface area contributed by atoms with E-state index in [4.69, 9.17) is 17.0 Å². The summed E-state index contributed by atoms with van der Waals surface area (Å²) in [5.41, 5.74) is 0.880. The number of carbonyl (C=O) groups is 1. The molecule has 24 heavy (non-hydrogen) atoms. The van der Waals surface area contributed by atoms with E-state index in [1.165, 1.54) is 6.07 Å². The molecule has 0 aliphatic rings. The zero-order valence-electron chi connectivity index (χ0n) is 13.4. The van der Waals surface area contributed by atoms with Crippen molar-refractivity contribution in [1.82, 2.24) is 5.32 Å². The monoisotopic (exact) mass is 344 g/mol. The Hall–Kier alpha value is -2.60. The minimum atomic E-state index is -0.344. The van der Waals surface area contributed by atoms with Gasteiger partial charge >= 0.3 is 0 Å². The van der Waals surface area contributed by atoms with E-state index in [1.807, 2.05) is 6.07 Å². The van der Waals surface area contributed by atoms with Crippen molar-refractivity contribution in [3.63, 3.8) is 0 Å². The molecule has 0 fully saturated rings. The normalized spacial score (nSPS) is 10.0. The van der Waals surface area contributed by atoms with Crippen molar-refractivity contribution in [2.45, 2.75) is 19.8 Å². The number of nitrogens with one attached hydrogen (secondary N) is 2. The van der Waals surface area contributed by atoms with Gasteiger partial charge in [-0.3, -0.25) is 10.1 Å². The van der Waals surface area contributed by atoms with Crippen LogP contribution in [0.5, 0.6) is 11.5 Å². The lowest BCUT2D eigenvalue weighted by atomic mass is 10.2. The fourth-order valence-electron chi connectivity index (χ4n) is 1.97. The Balaban J connectivity index is 1.95. The lowest BCUT2D eigenvalue weighted by Gasteiger charge is -2.11. The number of thiocarbonyl (C=S) groups is 1. The van der Waals surface area contributed by atoms with Crippen molar-refractivity contribution < 1.29 is 14.6 Å². The van der Waals surface area contributed by atoms with Crippen LogP contribution in [-0.2, 0) is 0 Å². The summed E-state index contributed by atoms with van der Waals surface area (Å²) >= 11 is 5.11. The zero-order valence-corrected chi connectivity index (χ0v) is 14.2. The lowest BCUT2D eigenvalue weighted by molar-refractivity contribution is 0.0977. The molecular formula is C18H20N2O3S. The molecule has 2 rings (SSSR count). The van der Waals surface area contributed by atoms with Crippen LogP contribution >= 0.6 is 12.2 Å². The number of carbonyl (C=O) groups excluding carboxylic acids is 1.